The molecule has 0 radical (unpaired) electrons. The molecule has 0 bridgehead atoms. The number of carbonyl (C=O) groups is 1. The zero-order chi connectivity index (χ0) is 14.3. The zero-order valence-electron chi connectivity index (χ0n) is 12.5. The van der Waals surface area contributed by atoms with Gasteiger partial charge in [-0.15, -0.1) is 0 Å². The number of amides is 1. The molecular weight excluding hydrogens is 250 g/mol. The molecule has 0 spiro atoms. The van der Waals surface area contributed by atoms with Crippen LogP contribution in [0.4, 0.5) is 0 Å². The molecular formula is C16H23N3O. The fraction of sp³-hybridized carbons (Fsp3) is 0.625. The minimum Gasteiger partial charge on any atom is -0.335 e. The quantitative estimate of drug-likeness (QED) is 0.893. The molecule has 1 N–H and O–H groups in total. The van der Waals surface area contributed by atoms with Crippen LogP contribution in [0.15, 0.2) is 12.1 Å². The van der Waals surface area contributed by atoms with Gasteiger partial charge in [0.2, 0.25) is 0 Å². The second-order valence-corrected chi connectivity index (χ2v) is 6.10. The standard InChI is InChI=1S/C16H23N3O/c1-4-15-14-8-17-7-12(14)9-19(15)16(20)13-6-5-10(2)18-11(13)3/h5-6,12,14-15,17H,4,7-9H2,1-3H3. The van der Waals surface area contributed by atoms with Gasteiger partial charge in [-0.2, -0.15) is 0 Å². The molecule has 2 aliphatic heterocycles. The van der Waals surface area contributed by atoms with Crippen LogP contribution < -0.4 is 5.32 Å². The number of aromatic nitrogens is 1. The first-order chi connectivity index (χ1) is 9.61. The number of nitrogens with zero attached hydrogens (tertiary/aromatic N) is 2. The highest BCUT2D eigenvalue weighted by molar-refractivity contribution is 5.95. The van der Waals surface area contributed by atoms with Crippen molar-refractivity contribution in [3.8, 4) is 0 Å². The van der Waals surface area contributed by atoms with Gasteiger partial charge >= 0.3 is 0 Å². The van der Waals surface area contributed by atoms with Crippen molar-refractivity contribution in [3.05, 3.63) is 29.1 Å². The summed E-state index contributed by atoms with van der Waals surface area (Å²) in [5, 5.41) is 3.46. The molecule has 2 fully saturated rings. The fourth-order valence-corrected chi connectivity index (χ4v) is 3.85. The molecule has 2 aliphatic rings. The van der Waals surface area contributed by atoms with Gasteiger partial charge in [0, 0.05) is 31.4 Å². The first-order valence-corrected chi connectivity index (χ1v) is 7.57. The Kier molecular flexibility index (Phi) is 3.50. The second-order valence-electron chi connectivity index (χ2n) is 6.10. The summed E-state index contributed by atoms with van der Waals surface area (Å²) in [5.74, 6) is 1.42. The minimum absolute atomic E-state index is 0.163. The van der Waals surface area contributed by atoms with Crippen LogP contribution in [0, 0.1) is 25.7 Å². The lowest BCUT2D eigenvalue weighted by Crippen LogP contribution is -2.40. The summed E-state index contributed by atoms with van der Waals surface area (Å²) in [5.41, 5.74) is 2.58. The monoisotopic (exact) mass is 273 g/mol. The number of fused-ring (bicyclic) bond motifs is 1. The smallest absolute Gasteiger partial charge is 0.255 e. The van der Waals surface area contributed by atoms with E-state index < -0.39 is 0 Å². The maximum atomic E-state index is 12.8. The van der Waals surface area contributed by atoms with Crippen LogP contribution in [-0.4, -0.2) is 41.5 Å². The minimum atomic E-state index is 0.163. The van der Waals surface area contributed by atoms with E-state index in [9.17, 15) is 4.79 Å². The van der Waals surface area contributed by atoms with Crippen molar-refractivity contribution in [1.82, 2.24) is 15.2 Å². The lowest BCUT2D eigenvalue weighted by atomic mass is 9.93. The first kappa shape index (κ1) is 13.6. The van der Waals surface area contributed by atoms with Gasteiger partial charge in [0.05, 0.1) is 11.3 Å². The SMILES string of the molecule is CCC1C2CNCC2CN1C(=O)c1ccc(C)nc1C. The van der Waals surface area contributed by atoms with Gasteiger partial charge in [0.25, 0.3) is 5.91 Å². The van der Waals surface area contributed by atoms with Gasteiger partial charge in [-0.05, 0) is 44.2 Å². The maximum absolute atomic E-state index is 12.8. The van der Waals surface area contributed by atoms with Crippen LogP contribution in [0.3, 0.4) is 0 Å². The fourth-order valence-electron chi connectivity index (χ4n) is 3.85. The van der Waals surface area contributed by atoms with E-state index in [4.69, 9.17) is 0 Å². The predicted octanol–water partition coefficient (Wildman–Crippen LogP) is 1.77. The van der Waals surface area contributed by atoms with Gasteiger partial charge in [-0.3, -0.25) is 9.78 Å². The van der Waals surface area contributed by atoms with Crippen molar-refractivity contribution >= 4 is 5.91 Å². The number of hydrogen-bond acceptors (Lipinski definition) is 3. The molecule has 0 aliphatic carbocycles. The average Bonchev–Trinajstić information content (AvgIpc) is 2.97. The van der Waals surface area contributed by atoms with Crippen molar-refractivity contribution in [2.75, 3.05) is 19.6 Å². The van der Waals surface area contributed by atoms with E-state index in [-0.39, 0.29) is 5.91 Å². The average molecular weight is 273 g/mol. The molecule has 4 heteroatoms. The van der Waals surface area contributed by atoms with Gasteiger partial charge in [0.1, 0.15) is 0 Å². The lowest BCUT2D eigenvalue weighted by Gasteiger charge is -2.27. The summed E-state index contributed by atoms with van der Waals surface area (Å²) in [4.78, 5) is 19.4. The predicted molar refractivity (Wildman–Crippen MR) is 78.7 cm³/mol. The molecule has 1 amide bonds. The zero-order valence-corrected chi connectivity index (χ0v) is 12.5. The van der Waals surface area contributed by atoms with E-state index in [1.165, 1.54) is 0 Å². The molecule has 2 saturated heterocycles. The van der Waals surface area contributed by atoms with Gasteiger partial charge in [0.15, 0.2) is 0 Å². The third-order valence-electron chi connectivity index (χ3n) is 4.85. The van der Waals surface area contributed by atoms with Crippen molar-refractivity contribution in [3.63, 3.8) is 0 Å². The Labute approximate surface area is 120 Å². The number of rotatable bonds is 2. The molecule has 3 atom stereocenters. The highest BCUT2D eigenvalue weighted by Crippen LogP contribution is 2.35. The van der Waals surface area contributed by atoms with E-state index in [0.29, 0.717) is 17.9 Å². The molecule has 1 aromatic rings. The topological polar surface area (TPSA) is 45.2 Å². The Hall–Kier alpha value is -1.42. The highest BCUT2D eigenvalue weighted by Gasteiger charge is 2.45. The number of pyridine rings is 1. The second kappa shape index (κ2) is 5.17. The Morgan fingerprint density at radius 1 is 1.40 bits per heavy atom. The van der Waals surface area contributed by atoms with Crippen LogP contribution in [0.25, 0.3) is 0 Å². The van der Waals surface area contributed by atoms with E-state index in [1.807, 2.05) is 26.0 Å². The molecule has 108 valence electrons. The summed E-state index contributed by atoms with van der Waals surface area (Å²) in [7, 11) is 0. The summed E-state index contributed by atoms with van der Waals surface area (Å²) in [6, 6.07) is 4.24. The molecule has 3 unspecified atom stereocenters. The lowest BCUT2D eigenvalue weighted by molar-refractivity contribution is 0.0710. The summed E-state index contributed by atoms with van der Waals surface area (Å²) in [6.45, 7) is 9.07. The summed E-state index contributed by atoms with van der Waals surface area (Å²) < 4.78 is 0. The van der Waals surface area contributed by atoms with Gasteiger partial charge in [-0.25, -0.2) is 0 Å². The Balaban J connectivity index is 1.86. The first-order valence-electron chi connectivity index (χ1n) is 7.57. The molecule has 4 nitrogen and oxygen atoms in total. The number of aryl methyl sites for hydroxylation is 2. The third-order valence-corrected chi connectivity index (χ3v) is 4.85. The Morgan fingerprint density at radius 3 is 2.90 bits per heavy atom. The number of hydrogen-bond donors (Lipinski definition) is 1. The molecule has 0 aromatic carbocycles. The molecule has 1 aromatic heterocycles. The maximum Gasteiger partial charge on any atom is 0.255 e. The van der Waals surface area contributed by atoms with Crippen LogP contribution in [-0.2, 0) is 0 Å². The van der Waals surface area contributed by atoms with Crippen molar-refractivity contribution in [2.24, 2.45) is 11.8 Å². The normalized spacial score (nSPS) is 28.8. The molecule has 0 saturated carbocycles. The largest absolute Gasteiger partial charge is 0.335 e. The van der Waals surface area contributed by atoms with Crippen LogP contribution >= 0.6 is 0 Å². The third kappa shape index (κ3) is 2.12. The molecule has 3 heterocycles. The van der Waals surface area contributed by atoms with E-state index in [1.54, 1.807) is 0 Å². The van der Waals surface area contributed by atoms with E-state index >= 15 is 0 Å². The van der Waals surface area contributed by atoms with E-state index in [0.717, 1.165) is 43.0 Å². The Bertz CT molecular complexity index is 528. The van der Waals surface area contributed by atoms with Gasteiger partial charge < -0.3 is 10.2 Å². The van der Waals surface area contributed by atoms with Crippen LogP contribution in [0.1, 0.15) is 35.1 Å². The van der Waals surface area contributed by atoms with E-state index in [2.05, 4.69) is 22.1 Å². The van der Waals surface area contributed by atoms with Crippen LogP contribution in [0.5, 0.6) is 0 Å². The number of likely N-dealkylation sites (tertiary alicyclic amines) is 1. The van der Waals surface area contributed by atoms with Crippen LogP contribution in [0.2, 0.25) is 0 Å². The highest BCUT2D eigenvalue weighted by atomic mass is 16.2. The molecule has 3 rings (SSSR count). The van der Waals surface area contributed by atoms with Crippen molar-refractivity contribution in [1.29, 1.82) is 0 Å². The molecule has 20 heavy (non-hydrogen) atoms. The van der Waals surface area contributed by atoms with Crippen molar-refractivity contribution in [2.45, 2.75) is 33.2 Å². The Morgan fingerprint density at radius 2 is 2.20 bits per heavy atom. The summed E-state index contributed by atoms with van der Waals surface area (Å²) in [6.07, 6.45) is 1.03. The van der Waals surface area contributed by atoms with Crippen molar-refractivity contribution < 1.29 is 4.79 Å². The number of carbonyl (C=O) groups excluding carboxylic acids is 1. The van der Waals surface area contributed by atoms with Gasteiger partial charge in [-0.1, -0.05) is 6.92 Å². The summed E-state index contributed by atoms with van der Waals surface area (Å²) >= 11 is 0. The number of nitrogens with one attached hydrogen (secondary N) is 1.